The van der Waals surface area contributed by atoms with Crippen LogP contribution in [0.5, 0.6) is 0 Å². The van der Waals surface area contributed by atoms with Crippen molar-refractivity contribution in [3.63, 3.8) is 0 Å². The molecule has 0 atom stereocenters. The van der Waals surface area contributed by atoms with Gasteiger partial charge in [-0.2, -0.15) is 0 Å². The van der Waals surface area contributed by atoms with Gasteiger partial charge in [-0.3, -0.25) is 4.90 Å². The lowest BCUT2D eigenvalue weighted by Crippen LogP contribution is -2.25. The predicted octanol–water partition coefficient (Wildman–Crippen LogP) is 2.78. The SMILES string of the molecule is OCc1ccc(CN2CCc3ccccc3CC2)cc1. The molecule has 2 aromatic rings. The quantitative estimate of drug-likeness (QED) is 0.924. The van der Waals surface area contributed by atoms with Crippen LogP contribution >= 0.6 is 0 Å². The number of aliphatic hydroxyl groups is 1. The summed E-state index contributed by atoms with van der Waals surface area (Å²) in [4.78, 5) is 2.52. The number of aliphatic hydroxyl groups excluding tert-OH is 1. The second-order valence-corrected chi connectivity index (χ2v) is 5.52. The molecule has 0 unspecified atom stereocenters. The van der Waals surface area contributed by atoms with Crippen molar-refractivity contribution in [3.8, 4) is 0 Å². The van der Waals surface area contributed by atoms with E-state index in [2.05, 4.69) is 41.3 Å². The maximum atomic E-state index is 9.08. The van der Waals surface area contributed by atoms with Crippen LogP contribution in [0.2, 0.25) is 0 Å². The van der Waals surface area contributed by atoms with Crippen molar-refractivity contribution in [2.45, 2.75) is 26.0 Å². The molecule has 1 aliphatic heterocycles. The molecule has 0 radical (unpaired) electrons. The van der Waals surface area contributed by atoms with Gasteiger partial charge < -0.3 is 5.11 Å². The monoisotopic (exact) mass is 267 g/mol. The Bertz CT molecular complexity index is 535. The molecular formula is C18H21NO. The first kappa shape index (κ1) is 13.3. The molecule has 1 aliphatic rings. The van der Waals surface area contributed by atoms with Crippen molar-refractivity contribution in [3.05, 3.63) is 70.8 Å². The van der Waals surface area contributed by atoms with Gasteiger partial charge in [0.2, 0.25) is 0 Å². The Hall–Kier alpha value is -1.64. The summed E-state index contributed by atoms with van der Waals surface area (Å²) in [7, 11) is 0. The zero-order chi connectivity index (χ0) is 13.8. The van der Waals surface area contributed by atoms with Crippen LogP contribution < -0.4 is 0 Å². The summed E-state index contributed by atoms with van der Waals surface area (Å²) < 4.78 is 0. The highest BCUT2D eigenvalue weighted by atomic mass is 16.3. The van der Waals surface area contributed by atoms with Crippen LogP contribution in [0.3, 0.4) is 0 Å². The van der Waals surface area contributed by atoms with Crippen LogP contribution in [-0.4, -0.2) is 23.1 Å². The summed E-state index contributed by atoms with van der Waals surface area (Å²) in [5, 5.41) is 9.08. The van der Waals surface area contributed by atoms with Gasteiger partial charge in [-0.1, -0.05) is 48.5 Å². The van der Waals surface area contributed by atoms with E-state index in [0.717, 1.165) is 38.0 Å². The number of hydrogen-bond acceptors (Lipinski definition) is 2. The van der Waals surface area contributed by atoms with Crippen LogP contribution in [0.4, 0.5) is 0 Å². The van der Waals surface area contributed by atoms with Gasteiger partial charge in [-0.15, -0.1) is 0 Å². The number of nitrogens with zero attached hydrogens (tertiary/aromatic N) is 1. The smallest absolute Gasteiger partial charge is 0.0681 e. The molecule has 1 heterocycles. The summed E-state index contributed by atoms with van der Waals surface area (Å²) in [5.41, 5.74) is 5.32. The van der Waals surface area contributed by atoms with Gasteiger partial charge in [0.1, 0.15) is 0 Å². The number of hydrogen-bond donors (Lipinski definition) is 1. The third-order valence-corrected chi connectivity index (χ3v) is 4.12. The van der Waals surface area contributed by atoms with Crippen molar-refractivity contribution >= 4 is 0 Å². The third-order valence-electron chi connectivity index (χ3n) is 4.12. The van der Waals surface area contributed by atoms with Crippen LogP contribution in [0.15, 0.2) is 48.5 Å². The number of rotatable bonds is 3. The zero-order valence-electron chi connectivity index (χ0n) is 11.8. The lowest BCUT2D eigenvalue weighted by atomic mass is 10.0. The minimum atomic E-state index is 0.124. The van der Waals surface area contributed by atoms with Crippen molar-refractivity contribution in [1.82, 2.24) is 4.90 Å². The van der Waals surface area contributed by atoms with E-state index in [0.29, 0.717) is 0 Å². The zero-order valence-corrected chi connectivity index (χ0v) is 11.8. The molecule has 20 heavy (non-hydrogen) atoms. The van der Waals surface area contributed by atoms with E-state index in [4.69, 9.17) is 5.11 Å². The lowest BCUT2D eigenvalue weighted by molar-refractivity contribution is 0.277. The fourth-order valence-electron chi connectivity index (χ4n) is 2.88. The fourth-order valence-corrected chi connectivity index (χ4v) is 2.88. The molecule has 3 rings (SSSR count). The predicted molar refractivity (Wildman–Crippen MR) is 81.5 cm³/mol. The Morgan fingerprint density at radius 3 is 1.90 bits per heavy atom. The van der Waals surface area contributed by atoms with Gasteiger partial charge in [-0.25, -0.2) is 0 Å². The molecule has 0 fully saturated rings. The Morgan fingerprint density at radius 2 is 1.35 bits per heavy atom. The second-order valence-electron chi connectivity index (χ2n) is 5.52. The normalized spacial score (nSPS) is 15.7. The van der Waals surface area contributed by atoms with E-state index in [-0.39, 0.29) is 6.61 Å². The molecule has 0 saturated heterocycles. The Balaban J connectivity index is 1.65. The van der Waals surface area contributed by atoms with Gasteiger partial charge in [0.15, 0.2) is 0 Å². The Kier molecular flexibility index (Phi) is 4.14. The van der Waals surface area contributed by atoms with Gasteiger partial charge >= 0.3 is 0 Å². The minimum Gasteiger partial charge on any atom is -0.392 e. The van der Waals surface area contributed by atoms with E-state index in [9.17, 15) is 0 Å². The number of benzene rings is 2. The lowest BCUT2D eigenvalue weighted by Gasteiger charge is -2.19. The van der Waals surface area contributed by atoms with Crippen LogP contribution in [0.25, 0.3) is 0 Å². The van der Waals surface area contributed by atoms with Gasteiger partial charge in [0.05, 0.1) is 6.61 Å². The van der Waals surface area contributed by atoms with Crippen LogP contribution in [0.1, 0.15) is 22.3 Å². The fraction of sp³-hybridized carbons (Fsp3) is 0.333. The molecule has 2 heteroatoms. The molecule has 0 bridgehead atoms. The molecule has 2 aromatic carbocycles. The second kappa shape index (κ2) is 6.21. The standard InChI is InChI=1S/C18H21NO/c20-14-16-7-5-15(6-8-16)13-19-11-9-17-3-1-2-4-18(17)10-12-19/h1-8,20H,9-14H2. The minimum absolute atomic E-state index is 0.124. The summed E-state index contributed by atoms with van der Waals surface area (Å²) in [6.07, 6.45) is 2.29. The first-order valence-corrected chi connectivity index (χ1v) is 7.33. The van der Waals surface area contributed by atoms with E-state index in [1.54, 1.807) is 0 Å². The average molecular weight is 267 g/mol. The average Bonchev–Trinajstić information content (AvgIpc) is 2.71. The molecule has 0 saturated carbocycles. The molecule has 0 aliphatic carbocycles. The molecule has 0 spiro atoms. The first-order valence-electron chi connectivity index (χ1n) is 7.33. The summed E-state index contributed by atoms with van der Waals surface area (Å²) in [6, 6.07) is 17.1. The first-order chi connectivity index (χ1) is 9.85. The van der Waals surface area contributed by atoms with Crippen molar-refractivity contribution in [2.24, 2.45) is 0 Å². The molecule has 2 nitrogen and oxygen atoms in total. The number of fused-ring (bicyclic) bond motifs is 1. The van der Waals surface area contributed by atoms with Crippen molar-refractivity contribution in [1.29, 1.82) is 0 Å². The largest absolute Gasteiger partial charge is 0.392 e. The van der Waals surface area contributed by atoms with E-state index < -0.39 is 0 Å². The van der Waals surface area contributed by atoms with Crippen LogP contribution in [-0.2, 0) is 26.0 Å². The van der Waals surface area contributed by atoms with Crippen LogP contribution in [0, 0.1) is 0 Å². The highest BCUT2D eigenvalue weighted by Gasteiger charge is 2.13. The van der Waals surface area contributed by atoms with E-state index in [1.165, 1.54) is 16.7 Å². The summed E-state index contributed by atoms with van der Waals surface area (Å²) >= 11 is 0. The van der Waals surface area contributed by atoms with Gasteiger partial charge in [-0.05, 0) is 35.1 Å². The molecule has 0 amide bonds. The van der Waals surface area contributed by atoms with Crippen molar-refractivity contribution in [2.75, 3.05) is 13.1 Å². The highest BCUT2D eigenvalue weighted by molar-refractivity contribution is 5.29. The molecule has 0 aromatic heterocycles. The topological polar surface area (TPSA) is 23.5 Å². The maximum Gasteiger partial charge on any atom is 0.0681 e. The summed E-state index contributed by atoms with van der Waals surface area (Å²) in [6.45, 7) is 3.37. The Morgan fingerprint density at radius 1 is 0.800 bits per heavy atom. The van der Waals surface area contributed by atoms with Gasteiger partial charge in [0, 0.05) is 19.6 Å². The van der Waals surface area contributed by atoms with Gasteiger partial charge in [0.25, 0.3) is 0 Å². The summed E-state index contributed by atoms with van der Waals surface area (Å²) in [5.74, 6) is 0. The maximum absolute atomic E-state index is 9.08. The third kappa shape index (κ3) is 3.09. The highest BCUT2D eigenvalue weighted by Crippen LogP contribution is 2.17. The van der Waals surface area contributed by atoms with E-state index >= 15 is 0 Å². The molecule has 104 valence electrons. The Labute approximate surface area is 120 Å². The molecule has 1 N–H and O–H groups in total. The molecular weight excluding hydrogens is 246 g/mol. The van der Waals surface area contributed by atoms with E-state index in [1.807, 2.05) is 12.1 Å². The van der Waals surface area contributed by atoms with Crippen molar-refractivity contribution < 1.29 is 5.11 Å².